The molecule has 4 heteroatoms. The predicted octanol–water partition coefficient (Wildman–Crippen LogP) is 4.36. The molecule has 2 aromatic rings. The third kappa shape index (κ3) is 3.81. The number of hydrogen-bond acceptors (Lipinski definition) is 3. The zero-order chi connectivity index (χ0) is 14.4. The molecule has 2 rings (SSSR count). The number of halogens is 1. The summed E-state index contributed by atoms with van der Waals surface area (Å²) < 4.78 is 10.5. The Balaban J connectivity index is 1.96. The van der Waals surface area contributed by atoms with Crippen LogP contribution in [-0.4, -0.2) is 13.7 Å². The Labute approximate surface area is 124 Å². The number of hydrogen-bond donors (Lipinski definition) is 1. The third-order valence-electron chi connectivity index (χ3n) is 2.88. The first-order valence-corrected chi connectivity index (χ1v) is 6.90. The summed E-state index contributed by atoms with van der Waals surface area (Å²) in [7, 11) is 1.61. The third-order valence-corrected chi connectivity index (χ3v) is 3.18. The van der Waals surface area contributed by atoms with E-state index in [0.717, 1.165) is 18.0 Å². The molecule has 0 amide bonds. The van der Waals surface area contributed by atoms with Gasteiger partial charge >= 0.3 is 0 Å². The molecule has 0 aromatic heterocycles. The molecule has 20 heavy (non-hydrogen) atoms. The average Bonchev–Trinajstić information content (AvgIpc) is 2.47. The summed E-state index contributed by atoms with van der Waals surface area (Å²) in [6.07, 6.45) is 0. The number of nitrogens with one attached hydrogen (secondary N) is 1. The fourth-order valence-corrected chi connectivity index (χ4v) is 2.11. The Morgan fingerprint density at radius 3 is 2.45 bits per heavy atom. The second-order valence-electron chi connectivity index (χ2n) is 4.28. The normalized spacial score (nSPS) is 10.2. The Hall–Kier alpha value is -1.87. The molecule has 0 fully saturated rings. The van der Waals surface area contributed by atoms with Crippen LogP contribution in [0, 0.1) is 0 Å². The van der Waals surface area contributed by atoms with E-state index in [4.69, 9.17) is 21.1 Å². The van der Waals surface area contributed by atoms with Gasteiger partial charge in [0.1, 0.15) is 11.5 Å². The van der Waals surface area contributed by atoms with Gasteiger partial charge in [0.25, 0.3) is 0 Å². The molecule has 1 N–H and O–H groups in total. The van der Waals surface area contributed by atoms with E-state index in [2.05, 4.69) is 5.32 Å². The van der Waals surface area contributed by atoms with Crippen molar-refractivity contribution in [2.45, 2.75) is 13.5 Å². The zero-order valence-corrected chi connectivity index (χ0v) is 12.4. The second kappa shape index (κ2) is 7.06. The van der Waals surface area contributed by atoms with Gasteiger partial charge in [-0.3, -0.25) is 0 Å². The standard InChI is InChI=1S/C16H18ClNO2/c1-3-20-14-7-4-12(5-8-14)11-18-13-6-9-16(19-2)15(17)10-13/h4-10,18H,3,11H2,1-2H3. The van der Waals surface area contributed by atoms with Crippen molar-refractivity contribution in [1.82, 2.24) is 0 Å². The minimum absolute atomic E-state index is 0.601. The average molecular weight is 292 g/mol. The molecule has 0 aliphatic carbocycles. The molecule has 0 aliphatic heterocycles. The molecule has 0 aliphatic rings. The Morgan fingerprint density at radius 1 is 1.10 bits per heavy atom. The fraction of sp³-hybridized carbons (Fsp3) is 0.250. The van der Waals surface area contributed by atoms with Gasteiger partial charge in [-0.1, -0.05) is 23.7 Å². The highest BCUT2D eigenvalue weighted by molar-refractivity contribution is 6.32. The summed E-state index contributed by atoms with van der Waals surface area (Å²) >= 11 is 6.09. The van der Waals surface area contributed by atoms with Crippen LogP contribution in [0.25, 0.3) is 0 Å². The largest absolute Gasteiger partial charge is 0.495 e. The van der Waals surface area contributed by atoms with Crippen LogP contribution in [0.4, 0.5) is 5.69 Å². The van der Waals surface area contributed by atoms with E-state index in [1.54, 1.807) is 7.11 Å². The van der Waals surface area contributed by atoms with E-state index in [0.29, 0.717) is 17.4 Å². The first-order valence-electron chi connectivity index (χ1n) is 6.52. The van der Waals surface area contributed by atoms with E-state index >= 15 is 0 Å². The maximum Gasteiger partial charge on any atom is 0.137 e. The molecular formula is C16H18ClNO2. The van der Waals surface area contributed by atoms with Gasteiger partial charge in [0.2, 0.25) is 0 Å². The first kappa shape index (κ1) is 14.5. The highest BCUT2D eigenvalue weighted by Gasteiger charge is 2.01. The SMILES string of the molecule is CCOc1ccc(CNc2ccc(OC)c(Cl)c2)cc1. The first-order chi connectivity index (χ1) is 9.72. The Morgan fingerprint density at radius 2 is 1.85 bits per heavy atom. The van der Waals surface area contributed by atoms with Gasteiger partial charge in [-0.25, -0.2) is 0 Å². The van der Waals surface area contributed by atoms with Crippen LogP contribution in [0.2, 0.25) is 5.02 Å². The van der Waals surface area contributed by atoms with Gasteiger partial charge in [0.15, 0.2) is 0 Å². The van der Waals surface area contributed by atoms with Crippen molar-refractivity contribution in [2.24, 2.45) is 0 Å². The molecule has 0 heterocycles. The van der Waals surface area contributed by atoms with E-state index in [-0.39, 0.29) is 0 Å². The Bertz CT molecular complexity index is 555. The smallest absolute Gasteiger partial charge is 0.137 e. The van der Waals surface area contributed by atoms with Crippen LogP contribution in [0.15, 0.2) is 42.5 Å². The van der Waals surface area contributed by atoms with Crippen molar-refractivity contribution >= 4 is 17.3 Å². The lowest BCUT2D eigenvalue weighted by molar-refractivity contribution is 0.340. The van der Waals surface area contributed by atoms with Crippen LogP contribution < -0.4 is 14.8 Å². The molecule has 106 valence electrons. The van der Waals surface area contributed by atoms with E-state index < -0.39 is 0 Å². The lowest BCUT2D eigenvalue weighted by Gasteiger charge is -2.10. The number of benzene rings is 2. The molecule has 0 saturated carbocycles. The molecule has 0 unspecified atom stereocenters. The van der Waals surface area contributed by atoms with Crippen LogP contribution in [0.1, 0.15) is 12.5 Å². The molecule has 0 radical (unpaired) electrons. The number of methoxy groups -OCH3 is 1. The minimum Gasteiger partial charge on any atom is -0.495 e. The van der Waals surface area contributed by atoms with Crippen LogP contribution in [0.3, 0.4) is 0 Å². The summed E-state index contributed by atoms with van der Waals surface area (Å²) in [6, 6.07) is 13.7. The van der Waals surface area contributed by atoms with Gasteiger partial charge < -0.3 is 14.8 Å². The van der Waals surface area contributed by atoms with Crippen molar-refractivity contribution in [3.05, 3.63) is 53.1 Å². The lowest BCUT2D eigenvalue weighted by atomic mass is 10.2. The molecule has 0 saturated heterocycles. The predicted molar refractivity (Wildman–Crippen MR) is 82.9 cm³/mol. The number of ether oxygens (including phenoxy) is 2. The molecule has 3 nitrogen and oxygen atoms in total. The summed E-state index contributed by atoms with van der Waals surface area (Å²) in [4.78, 5) is 0. The molecule has 2 aromatic carbocycles. The monoisotopic (exact) mass is 291 g/mol. The van der Waals surface area contributed by atoms with E-state index in [1.165, 1.54) is 5.56 Å². The topological polar surface area (TPSA) is 30.5 Å². The van der Waals surface area contributed by atoms with Crippen LogP contribution >= 0.6 is 11.6 Å². The van der Waals surface area contributed by atoms with Crippen molar-refractivity contribution < 1.29 is 9.47 Å². The van der Waals surface area contributed by atoms with Crippen molar-refractivity contribution in [3.63, 3.8) is 0 Å². The van der Waals surface area contributed by atoms with Gasteiger partial charge in [-0.15, -0.1) is 0 Å². The molecule has 0 bridgehead atoms. The van der Waals surface area contributed by atoms with E-state index in [1.807, 2.05) is 49.4 Å². The van der Waals surface area contributed by atoms with Crippen molar-refractivity contribution in [1.29, 1.82) is 0 Å². The molecular weight excluding hydrogens is 274 g/mol. The summed E-state index contributed by atoms with van der Waals surface area (Å²) in [5.41, 5.74) is 2.14. The number of rotatable bonds is 6. The zero-order valence-electron chi connectivity index (χ0n) is 11.7. The second-order valence-corrected chi connectivity index (χ2v) is 4.69. The van der Waals surface area contributed by atoms with Crippen LogP contribution in [0.5, 0.6) is 11.5 Å². The van der Waals surface area contributed by atoms with Gasteiger partial charge in [-0.2, -0.15) is 0 Å². The maximum atomic E-state index is 6.09. The number of anilines is 1. The highest BCUT2D eigenvalue weighted by atomic mass is 35.5. The highest BCUT2D eigenvalue weighted by Crippen LogP contribution is 2.27. The van der Waals surface area contributed by atoms with Gasteiger partial charge in [-0.05, 0) is 42.8 Å². The Kier molecular flexibility index (Phi) is 5.13. The summed E-state index contributed by atoms with van der Waals surface area (Å²) in [5.74, 6) is 1.57. The fourth-order valence-electron chi connectivity index (χ4n) is 1.85. The summed E-state index contributed by atoms with van der Waals surface area (Å²) in [6.45, 7) is 3.39. The van der Waals surface area contributed by atoms with Gasteiger partial charge in [0, 0.05) is 12.2 Å². The minimum atomic E-state index is 0.601. The molecule has 0 spiro atoms. The van der Waals surface area contributed by atoms with Gasteiger partial charge in [0.05, 0.1) is 18.7 Å². The maximum absolute atomic E-state index is 6.09. The lowest BCUT2D eigenvalue weighted by Crippen LogP contribution is -2.00. The summed E-state index contributed by atoms with van der Waals surface area (Å²) in [5, 5.41) is 3.92. The van der Waals surface area contributed by atoms with Crippen molar-refractivity contribution in [3.8, 4) is 11.5 Å². The quantitative estimate of drug-likeness (QED) is 0.858. The van der Waals surface area contributed by atoms with Crippen molar-refractivity contribution in [2.75, 3.05) is 19.0 Å². The van der Waals surface area contributed by atoms with Crippen LogP contribution in [-0.2, 0) is 6.54 Å². The molecule has 0 atom stereocenters. The van der Waals surface area contributed by atoms with E-state index in [9.17, 15) is 0 Å².